The van der Waals surface area contributed by atoms with E-state index in [1.54, 1.807) is 6.92 Å². The molecule has 0 unspecified atom stereocenters. The van der Waals surface area contributed by atoms with Crippen molar-refractivity contribution in [2.75, 3.05) is 20.8 Å². The summed E-state index contributed by atoms with van der Waals surface area (Å²) in [6, 6.07) is 6.67. The molecule has 8 N–H and O–H groups in total. The zero-order chi connectivity index (χ0) is 38.4. The number of fused-ring (bicyclic) bond motifs is 4. The highest BCUT2D eigenvalue weighted by molar-refractivity contribution is 6.31. The van der Waals surface area contributed by atoms with Gasteiger partial charge in [0.1, 0.15) is 58.9 Å². The highest BCUT2D eigenvalue weighted by Crippen LogP contribution is 2.55. The Bertz CT molecular complexity index is 2260. The zero-order valence-corrected chi connectivity index (χ0v) is 28.8. The molecule has 278 valence electrons. The molecule has 0 saturated carbocycles. The molecule has 3 aliphatic rings. The number of phenols is 3. The Balaban J connectivity index is 1.57. The number of benzene rings is 4. The number of carbonyl (C=O) groups is 3. The molecule has 4 aromatic carbocycles. The molecule has 2 aliphatic carbocycles. The van der Waals surface area contributed by atoms with E-state index in [0.29, 0.717) is 5.56 Å². The molecule has 15 heteroatoms. The first-order valence-corrected chi connectivity index (χ1v) is 16.5. The van der Waals surface area contributed by atoms with Gasteiger partial charge in [0.15, 0.2) is 11.6 Å². The Kier molecular flexibility index (Phi) is 8.64. The number of Topliss-reactive ketones (excluding diaryl/α,β-unsaturated/α-hetero) is 1. The fourth-order valence-corrected chi connectivity index (χ4v) is 7.64. The van der Waals surface area contributed by atoms with E-state index in [0.717, 1.165) is 0 Å². The largest absolute Gasteiger partial charge is 0.507 e. The third kappa shape index (κ3) is 5.47. The minimum atomic E-state index is -1.87. The van der Waals surface area contributed by atoms with E-state index in [1.165, 1.54) is 51.5 Å². The number of ketones is 3. The normalized spacial score (nSPS) is 25.2. The minimum Gasteiger partial charge on any atom is -0.507 e. The van der Waals surface area contributed by atoms with Crippen LogP contribution in [0.5, 0.6) is 34.5 Å². The maximum absolute atomic E-state index is 14.1. The lowest BCUT2D eigenvalue weighted by atomic mass is 9.74. The molecule has 0 spiro atoms. The smallest absolute Gasteiger partial charge is 0.229 e. The lowest BCUT2D eigenvalue weighted by Gasteiger charge is -2.39. The molecule has 7 rings (SSSR count). The molecule has 0 aromatic heterocycles. The number of aliphatic hydroxyl groups excluding tert-OH is 4. The fraction of sp³-hybridized carbons (Fsp3) is 0.342. The first kappa shape index (κ1) is 36.1. The van der Waals surface area contributed by atoms with Crippen LogP contribution >= 0.6 is 0 Å². The summed E-state index contributed by atoms with van der Waals surface area (Å²) >= 11 is 0. The van der Waals surface area contributed by atoms with E-state index in [1.807, 2.05) is 0 Å². The van der Waals surface area contributed by atoms with Crippen molar-refractivity contribution < 1.29 is 74.2 Å². The standard InChI is InChI=1S/C38H36O15/c1-13-5-16-25(19(40)6-13)33(45)28-17(30(16)42)9-21(51-4)29(34(28)46)24-15-7-14(50-3)8-22(52-37-36(48)35(47)31(43)23(12-39)53-37)27(15)32(44)26-18(24)10-38(2,49)11-20(26)41/h5-9,23,31,35-37,39-40,43-44,46-49H,10-12H2,1-4H3/t23-,31-,35+,36-,37-,38-/m1/s1. The van der Waals surface area contributed by atoms with Crippen LogP contribution in [0, 0.1) is 6.92 Å². The summed E-state index contributed by atoms with van der Waals surface area (Å²) in [7, 11) is 2.55. The average Bonchev–Trinajstić information content (AvgIpc) is 3.09. The number of aliphatic hydroxyl groups is 5. The van der Waals surface area contributed by atoms with Crippen LogP contribution < -0.4 is 14.2 Å². The lowest BCUT2D eigenvalue weighted by Crippen LogP contribution is -2.60. The third-order valence-electron chi connectivity index (χ3n) is 10.1. The van der Waals surface area contributed by atoms with E-state index in [4.69, 9.17) is 18.9 Å². The molecule has 1 fully saturated rings. The number of aromatic hydroxyl groups is 3. The molecule has 1 heterocycles. The first-order valence-electron chi connectivity index (χ1n) is 16.5. The van der Waals surface area contributed by atoms with Crippen molar-refractivity contribution in [1.29, 1.82) is 0 Å². The second-order valence-electron chi connectivity index (χ2n) is 13.8. The molecule has 0 bridgehead atoms. The number of ether oxygens (including phenoxy) is 4. The Morgan fingerprint density at radius 3 is 2.13 bits per heavy atom. The molecule has 53 heavy (non-hydrogen) atoms. The number of carbonyl (C=O) groups excluding carboxylic acids is 3. The minimum absolute atomic E-state index is 0.00713. The van der Waals surface area contributed by atoms with Crippen LogP contribution in [0.4, 0.5) is 0 Å². The van der Waals surface area contributed by atoms with Crippen LogP contribution in [0.25, 0.3) is 21.9 Å². The van der Waals surface area contributed by atoms with Crippen LogP contribution in [0.2, 0.25) is 0 Å². The summed E-state index contributed by atoms with van der Waals surface area (Å²) in [5.74, 6) is -4.51. The van der Waals surface area contributed by atoms with Crippen molar-refractivity contribution in [3.05, 3.63) is 69.3 Å². The van der Waals surface area contributed by atoms with Crippen molar-refractivity contribution >= 4 is 28.1 Å². The maximum Gasteiger partial charge on any atom is 0.229 e. The van der Waals surface area contributed by atoms with Crippen molar-refractivity contribution in [2.24, 2.45) is 0 Å². The van der Waals surface area contributed by atoms with Crippen molar-refractivity contribution in [3.63, 3.8) is 0 Å². The molecule has 0 amide bonds. The SMILES string of the molecule is COc1cc(O[C@@H]2O[C@H](CO)[C@@H](O)[C@H](O)[C@H]2O)c2c(O)c3c(c(-c4c(OC)cc5c(c4O)C(=O)c4c(O)cc(C)cc4C5=O)c2c1)C[C@@](C)(O)CC3=O. The number of methoxy groups -OCH3 is 2. The highest BCUT2D eigenvalue weighted by Gasteiger charge is 2.46. The van der Waals surface area contributed by atoms with Gasteiger partial charge in [-0.1, -0.05) is 0 Å². The number of phenolic OH excluding ortho intramolecular Hbond substituents is 3. The summed E-state index contributed by atoms with van der Waals surface area (Å²) in [5, 5.41) is 87.2. The van der Waals surface area contributed by atoms with Gasteiger partial charge >= 0.3 is 0 Å². The third-order valence-corrected chi connectivity index (χ3v) is 10.1. The van der Waals surface area contributed by atoms with Gasteiger partial charge in [0.05, 0.1) is 54.1 Å². The van der Waals surface area contributed by atoms with Gasteiger partial charge in [-0.15, -0.1) is 0 Å². The average molecular weight is 733 g/mol. The summed E-state index contributed by atoms with van der Waals surface area (Å²) in [5.41, 5.74) is -2.75. The Morgan fingerprint density at radius 1 is 0.774 bits per heavy atom. The Morgan fingerprint density at radius 2 is 1.47 bits per heavy atom. The Hall–Kier alpha value is -5.29. The number of aryl methyl sites for hydroxylation is 1. The van der Waals surface area contributed by atoms with E-state index < -0.39 is 89.5 Å². The number of rotatable bonds is 6. The Labute approximate surface area is 300 Å². The molecule has 0 radical (unpaired) electrons. The molecule has 6 atom stereocenters. The van der Waals surface area contributed by atoms with E-state index >= 15 is 0 Å². The quantitative estimate of drug-likeness (QED) is 0.124. The first-order chi connectivity index (χ1) is 25.0. The van der Waals surface area contributed by atoms with Gasteiger partial charge in [-0.2, -0.15) is 0 Å². The lowest BCUT2D eigenvalue weighted by molar-refractivity contribution is -0.277. The molecule has 4 aromatic rings. The van der Waals surface area contributed by atoms with Crippen molar-refractivity contribution in [1.82, 2.24) is 0 Å². The van der Waals surface area contributed by atoms with Crippen molar-refractivity contribution in [3.8, 4) is 45.6 Å². The van der Waals surface area contributed by atoms with Gasteiger partial charge in [0.25, 0.3) is 0 Å². The predicted octanol–water partition coefficient (Wildman–Crippen LogP) is 1.78. The topological polar surface area (TPSA) is 250 Å². The summed E-state index contributed by atoms with van der Waals surface area (Å²) in [4.78, 5) is 41.7. The summed E-state index contributed by atoms with van der Waals surface area (Å²) < 4.78 is 22.8. The zero-order valence-electron chi connectivity index (χ0n) is 28.8. The summed E-state index contributed by atoms with van der Waals surface area (Å²) in [6.07, 6.45) is -9.20. The molecular weight excluding hydrogens is 696 g/mol. The van der Waals surface area contributed by atoms with E-state index in [2.05, 4.69) is 0 Å². The van der Waals surface area contributed by atoms with E-state index in [9.17, 15) is 55.2 Å². The summed E-state index contributed by atoms with van der Waals surface area (Å²) in [6.45, 7) is 2.28. The number of hydrogen-bond donors (Lipinski definition) is 8. The van der Waals surface area contributed by atoms with Gasteiger partial charge < -0.3 is 59.8 Å². The van der Waals surface area contributed by atoms with E-state index in [-0.39, 0.29) is 73.4 Å². The molecule has 1 aliphatic heterocycles. The second-order valence-corrected chi connectivity index (χ2v) is 13.8. The molecule has 15 nitrogen and oxygen atoms in total. The second kappa shape index (κ2) is 12.7. The highest BCUT2D eigenvalue weighted by atomic mass is 16.7. The van der Waals surface area contributed by atoms with Crippen LogP contribution in [0.3, 0.4) is 0 Å². The molecule has 1 saturated heterocycles. The van der Waals surface area contributed by atoms with Crippen LogP contribution in [-0.2, 0) is 11.2 Å². The van der Waals surface area contributed by atoms with Gasteiger partial charge in [0, 0.05) is 41.0 Å². The molecular formula is C38H36O15. The van der Waals surface area contributed by atoms with Gasteiger partial charge in [-0.3, -0.25) is 14.4 Å². The van der Waals surface area contributed by atoms with Gasteiger partial charge in [-0.25, -0.2) is 0 Å². The van der Waals surface area contributed by atoms with Gasteiger partial charge in [-0.05, 0) is 49.2 Å². The van der Waals surface area contributed by atoms with Crippen LogP contribution in [-0.4, -0.2) is 115 Å². The fourth-order valence-electron chi connectivity index (χ4n) is 7.64. The predicted molar refractivity (Wildman–Crippen MR) is 183 cm³/mol. The van der Waals surface area contributed by atoms with Gasteiger partial charge in [0.2, 0.25) is 12.1 Å². The monoisotopic (exact) mass is 732 g/mol. The van der Waals surface area contributed by atoms with Crippen LogP contribution in [0.15, 0.2) is 30.3 Å². The van der Waals surface area contributed by atoms with Crippen LogP contribution in [0.1, 0.15) is 66.7 Å². The maximum atomic E-state index is 14.1. The van der Waals surface area contributed by atoms with Crippen molar-refractivity contribution in [2.45, 2.75) is 63.0 Å². The number of hydrogen-bond acceptors (Lipinski definition) is 15.